The lowest BCUT2D eigenvalue weighted by Crippen LogP contribution is -2.21. The van der Waals surface area contributed by atoms with Crippen molar-refractivity contribution in [3.05, 3.63) is 70.2 Å². The predicted molar refractivity (Wildman–Crippen MR) is 128 cm³/mol. The zero-order valence-electron chi connectivity index (χ0n) is 17.7. The fourth-order valence-corrected chi connectivity index (χ4v) is 3.27. The molecule has 13 heteroatoms. The second-order valence-electron chi connectivity index (χ2n) is 6.84. The number of fused-ring (bicyclic) bond motifs is 3. The minimum Gasteiger partial charge on any atom is -0.487 e. The topological polar surface area (TPSA) is 151 Å². The van der Waals surface area contributed by atoms with Crippen LogP contribution in [0.4, 0.5) is 22.0 Å². The van der Waals surface area contributed by atoms with Gasteiger partial charge in [-0.15, -0.1) is 0 Å². The number of halogens is 2. The molecule has 0 radical (unpaired) electrons. The fourth-order valence-electron chi connectivity index (χ4n) is 2.89. The average molecular weight is 512 g/mol. The molecule has 1 aliphatic rings. The molecule has 0 saturated heterocycles. The number of anilines is 3. The number of carbonyl (C=O) groups excluding carboxylic acids is 2. The van der Waals surface area contributed by atoms with E-state index in [2.05, 4.69) is 30.9 Å². The van der Waals surface area contributed by atoms with Gasteiger partial charge in [0.15, 0.2) is 5.82 Å². The summed E-state index contributed by atoms with van der Waals surface area (Å²) in [6.45, 7) is 0.192. The Morgan fingerprint density at radius 2 is 1.91 bits per heavy atom. The first kappa shape index (κ1) is 23.7. The first-order valence-corrected chi connectivity index (χ1v) is 10.7. The molecule has 176 valence electrons. The number of hydrogen-bond donors (Lipinski definition) is 3. The van der Waals surface area contributed by atoms with E-state index in [0.29, 0.717) is 0 Å². The maximum Gasteiger partial charge on any atom is 0.325 e. The van der Waals surface area contributed by atoms with E-state index in [-0.39, 0.29) is 63.5 Å². The quantitative estimate of drug-likeness (QED) is 0.340. The van der Waals surface area contributed by atoms with E-state index in [9.17, 15) is 9.59 Å². The highest BCUT2D eigenvalue weighted by molar-refractivity contribution is 6.34. The molecule has 1 aromatic carbocycles. The number of aromatic nitrogens is 3. The molecule has 3 N–H and O–H groups in total. The van der Waals surface area contributed by atoms with E-state index in [1.54, 1.807) is 12.2 Å². The van der Waals surface area contributed by atoms with Crippen molar-refractivity contribution in [2.24, 2.45) is 0 Å². The van der Waals surface area contributed by atoms with Gasteiger partial charge in [-0.2, -0.15) is 10.2 Å². The van der Waals surface area contributed by atoms with Gasteiger partial charge in [-0.1, -0.05) is 23.2 Å². The third kappa shape index (κ3) is 5.94. The Hall–Kier alpha value is -4.40. The molecule has 3 heterocycles. The van der Waals surface area contributed by atoms with Crippen LogP contribution in [0.5, 0.6) is 11.6 Å². The minimum atomic E-state index is -0.674. The number of nitrogens with one attached hydrogen (secondary N) is 3. The van der Waals surface area contributed by atoms with Crippen molar-refractivity contribution >= 4 is 52.3 Å². The third-order valence-electron chi connectivity index (χ3n) is 4.46. The summed E-state index contributed by atoms with van der Waals surface area (Å²) in [6, 6.07) is 7.03. The number of hydrogen-bond acceptors (Lipinski definition) is 8. The summed E-state index contributed by atoms with van der Waals surface area (Å²) in [7, 11) is 0. The summed E-state index contributed by atoms with van der Waals surface area (Å²) in [5.41, 5.74) is 0.751. The van der Waals surface area contributed by atoms with E-state index in [0.717, 1.165) is 0 Å². The largest absolute Gasteiger partial charge is 0.487 e. The smallest absolute Gasteiger partial charge is 0.325 e. The van der Waals surface area contributed by atoms with Gasteiger partial charge in [-0.25, -0.2) is 14.8 Å². The lowest BCUT2D eigenvalue weighted by molar-refractivity contribution is 0.102. The summed E-state index contributed by atoms with van der Waals surface area (Å²) in [4.78, 5) is 37.1. The Morgan fingerprint density at radius 1 is 1.11 bits per heavy atom. The molecule has 4 rings (SSSR count). The molecule has 0 atom stereocenters. The fraction of sp³-hybridized carbons (Fsp3) is 0.0909. The van der Waals surface area contributed by atoms with Crippen molar-refractivity contribution in [3.8, 4) is 17.7 Å². The van der Waals surface area contributed by atoms with Crippen LogP contribution in [0.2, 0.25) is 10.2 Å². The number of ether oxygens (including phenoxy) is 2. The second kappa shape index (κ2) is 10.7. The molecule has 0 saturated carbocycles. The average Bonchev–Trinajstić information content (AvgIpc) is 2.83. The van der Waals surface area contributed by atoms with E-state index in [4.69, 9.17) is 37.9 Å². The monoisotopic (exact) mass is 511 g/mol. The van der Waals surface area contributed by atoms with Gasteiger partial charge >= 0.3 is 6.03 Å². The van der Waals surface area contributed by atoms with Crippen LogP contribution in [0, 0.1) is 11.3 Å². The highest BCUT2D eigenvalue weighted by atomic mass is 35.5. The summed E-state index contributed by atoms with van der Waals surface area (Å²) < 4.78 is 11.2. The van der Waals surface area contributed by atoms with Gasteiger partial charge in [0.1, 0.15) is 30.2 Å². The summed E-state index contributed by atoms with van der Waals surface area (Å²) in [6.07, 6.45) is 5.97. The Bertz CT molecular complexity index is 1370. The SMILES string of the molecule is N#Cc1ncc2nc1OC/C=C\COc1cc(NC(=O)c3ccnc(Cl)c3)c(Cl)cc1NC(=O)N2. The van der Waals surface area contributed by atoms with Gasteiger partial charge < -0.3 is 20.1 Å². The number of rotatable bonds is 2. The van der Waals surface area contributed by atoms with Crippen molar-refractivity contribution in [1.82, 2.24) is 15.0 Å². The number of benzene rings is 1. The van der Waals surface area contributed by atoms with Crippen LogP contribution in [0.25, 0.3) is 0 Å². The number of carbonyl (C=O) groups is 2. The molecular weight excluding hydrogens is 497 g/mol. The molecule has 3 amide bonds. The van der Waals surface area contributed by atoms with Gasteiger partial charge in [0.05, 0.1) is 22.6 Å². The molecule has 11 nitrogen and oxygen atoms in total. The van der Waals surface area contributed by atoms with Gasteiger partial charge in [-0.05, 0) is 30.4 Å². The normalized spacial score (nSPS) is 13.9. The molecule has 35 heavy (non-hydrogen) atoms. The number of urea groups is 1. The summed E-state index contributed by atoms with van der Waals surface area (Å²) in [5, 5.41) is 17.3. The van der Waals surface area contributed by atoms with Gasteiger partial charge in [-0.3, -0.25) is 10.1 Å². The molecule has 1 aliphatic heterocycles. The van der Waals surface area contributed by atoms with Crippen molar-refractivity contribution in [3.63, 3.8) is 0 Å². The summed E-state index contributed by atoms with van der Waals surface area (Å²) in [5.74, 6) is -0.185. The minimum absolute atomic E-state index is 0.0200. The molecule has 0 aliphatic carbocycles. The van der Waals surface area contributed by atoms with Crippen molar-refractivity contribution in [2.75, 3.05) is 29.2 Å². The zero-order chi connectivity index (χ0) is 24.8. The lowest BCUT2D eigenvalue weighted by atomic mass is 10.2. The predicted octanol–water partition coefficient (Wildman–Crippen LogP) is 4.27. The number of pyridine rings is 1. The number of amides is 3. The van der Waals surface area contributed by atoms with Gasteiger partial charge in [0.25, 0.3) is 11.8 Å². The Balaban J connectivity index is 1.61. The number of nitriles is 1. The van der Waals surface area contributed by atoms with Crippen LogP contribution in [-0.4, -0.2) is 40.1 Å². The maximum atomic E-state index is 12.6. The van der Waals surface area contributed by atoms with Crippen LogP contribution >= 0.6 is 23.2 Å². The summed E-state index contributed by atoms with van der Waals surface area (Å²) >= 11 is 12.2. The first-order valence-electron chi connectivity index (χ1n) is 9.95. The Labute approximate surface area is 208 Å². The van der Waals surface area contributed by atoms with Crippen LogP contribution in [0.3, 0.4) is 0 Å². The van der Waals surface area contributed by atoms with E-state index < -0.39 is 11.9 Å². The Kier molecular flexibility index (Phi) is 7.25. The van der Waals surface area contributed by atoms with Crippen LogP contribution in [0.1, 0.15) is 16.1 Å². The molecule has 0 spiro atoms. The molecule has 0 fully saturated rings. The number of nitrogens with zero attached hydrogens (tertiary/aromatic N) is 4. The van der Waals surface area contributed by atoms with Crippen LogP contribution < -0.4 is 25.4 Å². The Morgan fingerprint density at radius 3 is 2.69 bits per heavy atom. The van der Waals surface area contributed by atoms with Crippen molar-refractivity contribution in [2.45, 2.75) is 0 Å². The molecule has 2 bridgehead atoms. The first-order chi connectivity index (χ1) is 16.9. The molecule has 3 aromatic rings. The maximum absolute atomic E-state index is 12.6. The van der Waals surface area contributed by atoms with Gasteiger partial charge in [0.2, 0.25) is 5.69 Å². The highest BCUT2D eigenvalue weighted by Gasteiger charge is 2.17. The van der Waals surface area contributed by atoms with E-state index >= 15 is 0 Å². The zero-order valence-corrected chi connectivity index (χ0v) is 19.2. The second-order valence-corrected chi connectivity index (χ2v) is 7.64. The van der Waals surface area contributed by atoms with Crippen molar-refractivity contribution < 1.29 is 19.1 Å². The standard InChI is InChI=1S/C22H15Cl2N7O4/c23-13-8-15-17(9-14(13)28-20(32)12-3-4-26-18(24)7-12)34-5-1-2-6-35-21-16(10-25)27-11-19(30-21)31-22(33)29-15/h1-4,7-9,11H,5-6H2,(H,28,32)(H2,29,30,31,33)/b2-1-. The van der Waals surface area contributed by atoms with Crippen LogP contribution in [-0.2, 0) is 0 Å². The molecule has 0 unspecified atom stereocenters. The highest BCUT2D eigenvalue weighted by Crippen LogP contribution is 2.35. The lowest BCUT2D eigenvalue weighted by Gasteiger charge is -2.16. The van der Waals surface area contributed by atoms with Crippen molar-refractivity contribution in [1.29, 1.82) is 5.26 Å². The van der Waals surface area contributed by atoms with E-state index in [1.165, 1.54) is 36.7 Å². The van der Waals surface area contributed by atoms with E-state index in [1.807, 2.05) is 6.07 Å². The molecule has 2 aromatic heterocycles. The van der Waals surface area contributed by atoms with Gasteiger partial charge in [0, 0.05) is 17.8 Å². The molecular formula is C22H15Cl2N7O4. The van der Waals surface area contributed by atoms with Crippen LogP contribution in [0.15, 0.2) is 48.8 Å². The third-order valence-corrected chi connectivity index (χ3v) is 4.98.